The third-order valence-corrected chi connectivity index (χ3v) is 6.22. The molecule has 0 spiro atoms. The second kappa shape index (κ2) is 13.2. The number of allylic oxidation sites excluding steroid dienone is 1. The number of benzene rings is 2. The monoisotopic (exact) mass is 508 g/mol. The first kappa shape index (κ1) is 26.6. The van der Waals surface area contributed by atoms with Crippen molar-refractivity contribution in [2.24, 2.45) is 0 Å². The van der Waals surface area contributed by atoms with Crippen LogP contribution in [0.3, 0.4) is 0 Å². The van der Waals surface area contributed by atoms with Crippen LogP contribution in [0, 0.1) is 36.5 Å². The van der Waals surface area contributed by atoms with Crippen LogP contribution in [0.5, 0.6) is 0 Å². The van der Waals surface area contributed by atoms with Gasteiger partial charge in [0.1, 0.15) is 11.6 Å². The normalized spacial score (nSPS) is 13.6. The Labute approximate surface area is 223 Å². The van der Waals surface area contributed by atoms with Gasteiger partial charge in [0, 0.05) is 43.2 Å². The molecule has 1 aliphatic rings. The number of ether oxygens (including phenoxy) is 1. The van der Waals surface area contributed by atoms with E-state index in [4.69, 9.17) is 20.2 Å². The molecule has 1 aliphatic heterocycles. The average molecular weight is 509 g/mol. The summed E-state index contributed by atoms with van der Waals surface area (Å²) >= 11 is 0. The number of hydrogen-bond donors (Lipinski definition) is 3. The zero-order valence-electron chi connectivity index (χ0n) is 21.8. The first-order chi connectivity index (χ1) is 18.5. The summed E-state index contributed by atoms with van der Waals surface area (Å²) in [5.41, 5.74) is 5.40. The van der Waals surface area contributed by atoms with E-state index in [2.05, 4.69) is 31.9 Å². The van der Waals surface area contributed by atoms with Gasteiger partial charge >= 0.3 is 0 Å². The topological polar surface area (TPSA) is 122 Å². The first-order valence-corrected chi connectivity index (χ1v) is 12.7. The molecular weight excluding hydrogens is 476 g/mol. The Bertz CT molecular complexity index is 1330. The molecule has 0 atom stereocenters. The third kappa shape index (κ3) is 7.53. The highest BCUT2D eigenvalue weighted by atomic mass is 16.5. The van der Waals surface area contributed by atoms with Crippen LogP contribution in [0.25, 0.3) is 6.08 Å². The Morgan fingerprint density at radius 1 is 0.974 bits per heavy atom. The van der Waals surface area contributed by atoms with Crippen LogP contribution in [0.15, 0.2) is 48.5 Å². The van der Waals surface area contributed by atoms with Crippen LogP contribution in [-0.4, -0.2) is 54.3 Å². The molecule has 0 bridgehead atoms. The van der Waals surface area contributed by atoms with Gasteiger partial charge in [0.05, 0.1) is 30.9 Å². The average Bonchev–Trinajstić information content (AvgIpc) is 2.93. The van der Waals surface area contributed by atoms with Crippen molar-refractivity contribution in [3.8, 4) is 12.1 Å². The molecule has 0 aliphatic carbocycles. The highest BCUT2D eigenvalue weighted by molar-refractivity contribution is 5.70. The van der Waals surface area contributed by atoms with E-state index >= 15 is 0 Å². The van der Waals surface area contributed by atoms with Crippen molar-refractivity contribution in [3.05, 3.63) is 70.8 Å². The Morgan fingerprint density at radius 3 is 2.37 bits per heavy atom. The van der Waals surface area contributed by atoms with Gasteiger partial charge in [0.25, 0.3) is 0 Å². The molecule has 4 rings (SSSR count). The largest absolute Gasteiger partial charge is 0.379 e. The molecule has 3 N–H and O–H groups in total. The predicted molar refractivity (Wildman–Crippen MR) is 151 cm³/mol. The fourth-order valence-electron chi connectivity index (χ4n) is 4.31. The van der Waals surface area contributed by atoms with Gasteiger partial charge in [-0.25, -0.2) is 0 Å². The molecule has 9 nitrogen and oxygen atoms in total. The molecule has 0 radical (unpaired) electrons. The Kier molecular flexibility index (Phi) is 9.25. The lowest BCUT2D eigenvalue weighted by atomic mass is 10.0. The summed E-state index contributed by atoms with van der Waals surface area (Å²) in [4.78, 5) is 11.8. The molecule has 1 aromatic heterocycles. The number of aromatic nitrogens is 2. The van der Waals surface area contributed by atoms with E-state index in [1.54, 1.807) is 18.2 Å². The van der Waals surface area contributed by atoms with Crippen molar-refractivity contribution in [1.82, 2.24) is 14.9 Å². The molecule has 9 heteroatoms. The minimum atomic E-state index is 0.444. The Hall–Kier alpha value is -4.44. The zero-order valence-corrected chi connectivity index (χ0v) is 21.8. The number of nitrogens with zero attached hydrogens (tertiary/aromatic N) is 5. The zero-order chi connectivity index (χ0) is 26.7. The SMILES string of the molecule is Cc1cc(C=CC#N)cc(C)c1Nc1cc(NCCCN2CCOCC2)nc(Nc2ccc(C#N)cc2)n1. The minimum Gasteiger partial charge on any atom is -0.379 e. The highest BCUT2D eigenvalue weighted by Crippen LogP contribution is 2.28. The molecule has 194 valence electrons. The summed E-state index contributed by atoms with van der Waals surface area (Å²) in [5.74, 6) is 1.81. The number of nitrogens with one attached hydrogen (secondary N) is 3. The van der Waals surface area contributed by atoms with E-state index < -0.39 is 0 Å². The fourth-order valence-corrected chi connectivity index (χ4v) is 4.31. The summed E-state index contributed by atoms with van der Waals surface area (Å²) in [6.07, 6.45) is 4.26. The number of rotatable bonds is 10. The van der Waals surface area contributed by atoms with Crippen LogP contribution >= 0.6 is 0 Å². The van der Waals surface area contributed by atoms with Crippen LogP contribution in [0.1, 0.15) is 28.7 Å². The van der Waals surface area contributed by atoms with E-state index in [-0.39, 0.29) is 0 Å². The van der Waals surface area contributed by atoms with Crippen molar-refractivity contribution >= 4 is 35.0 Å². The number of hydrogen-bond acceptors (Lipinski definition) is 9. The minimum absolute atomic E-state index is 0.444. The molecular formula is C29H32N8O. The van der Waals surface area contributed by atoms with Crippen molar-refractivity contribution in [1.29, 1.82) is 10.5 Å². The number of nitriles is 2. The van der Waals surface area contributed by atoms with E-state index in [1.165, 1.54) is 6.08 Å². The van der Waals surface area contributed by atoms with E-state index in [9.17, 15) is 0 Å². The van der Waals surface area contributed by atoms with Crippen LogP contribution < -0.4 is 16.0 Å². The summed E-state index contributed by atoms with van der Waals surface area (Å²) in [6, 6.07) is 17.3. The van der Waals surface area contributed by atoms with Crippen molar-refractivity contribution in [2.45, 2.75) is 20.3 Å². The smallest absolute Gasteiger partial charge is 0.231 e. The molecule has 1 saturated heterocycles. The second-order valence-electron chi connectivity index (χ2n) is 9.13. The lowest BCUT2D eigenvalue weighted by molar-refractivity contribution is 0.0378. The van der Waals surface area contributed by atoms with Gasteiger partial charge in [-0.2, -0.15) is 20.5 Å². The lowest BCUT2D eigenvalue weighted by Gasteiger charge is -2.26. The summed E-state index contributed by atoms with van der Waals surface area (Å²) in [5, 5.41) is 28.1. The lowest BCUT2D eigenvalue weighted by Crippen LogP contribution is -2.37. The molecule has 0 unspecified atom stereocenters. The summed E-state index contributed by atoms with van der Waals surface area (Å²) in [6.45, 7) is 9.40. The maximum absolute atomic E-state index is 9.08. The molecule has 0 amide bonds. The van der Waals surface area contributed by atoms with E-state index in [0.29, 0.717) is 23.1 Å². The summed E-state index contributed by atoms with van der Waals surface area (Å²) < 4.78 is 5.43. The Balaban J connectivity index is 1.53. The van der Waals surface area contributed by atoms with Gasteiger partial charge in [-0.15, -0.1) is 0 Å². The van der Waals surface area contributed by atoms with Gasteiger partial charge in [-0.3, -0.25) is 4.90 Å². The molecule has 2 heterocycles. The Morgan fingerprint density at radius 2 is 1.68 bits per heavy atom. The maximum Gasteiger partial charge on any atom is 0.231 e. The van der Waals surface area contributed by atoms with Crippen LogP contribution in [0.2, 0.25) is 0 Å². The molecule has 2 aromatic carbocycles. The van der Waals surface area contributed by atoms with Crippen LogP contribution in [-0.2, 0) is 4.74 Å². The van der Waals surface area contributed by atoms with Crippen molar-refractivity contribution in [2.75, 3.05) is 55.3 Å². The molecule has 1 fully saturated rings. The van der Waals surface area contributed by atoms with Crippen molar-refractivity contribution in [3.63, 3.8) is 0 Å². The van der Waals surface area contributed by atoms with Gasteiger partial charge in [0.2, 0.25) is 5.95 Å². The number of morpholine rings is 1. The predicted octanol–water partition coefficient (Wildman–Crippen LogP) is 5.12. The molecule has 0 saturated carbocycles. The quantitative estimate of drug-likeness (QED) is 0.253. The fraction of sp³-hybridized carbons (Fsp3) is 0.310. The van der Waals surface area contributed by atoms with E-state index in [1.807, 2.05) is 50.2 Å². The van der Waals surface area contributed by atoms with Gasteiger partial charge in [-0.1, -0.05) is 0 Å². The van der Waals surface area contributed by atoms with Gasteiger partial charge in [-0.05, 0) is 86.0 Å². The molecule has 38 heavy (non-hydrogen) atoms. The number of anilines is 5. The van der Waals surface area contributed by atoms with Gasteiger partial charge in [0.15, 0.2) is 0 Å². The van der Waals surface area contributed by atoms with Crippen molar-refractivity contribution < 1.29 is 4.74 Å². The second-order valence-corrected chi connectivity index (χ2v) is 9.13. The molecule has 3 aromatic rings. The summed E-state index contributed by atoms with van der Waals surface area (Å²) in [7, 11) is 0. The standard InChI is InChI=1S/C29H32N8O/c1-21-17-24(5-3-10-30)18-22(2)28(21)34-27-19-26(32-11-4-12-37-13-15-38-16-14-37)35-29(36-27)33-25-8-6-23(20-31)7-9-25/h3,5-9,17-19H,4,11-16H2,1-2H3,(H3,32,33,34,35,36). The first-order valence-electron chi connectivity index (χ1n) is 12.7. The third-order valence-electron chi connectivity index (χ3n) is 6.22. The highest BCUT2D eigenvalue weighted by Gasteiger charge is 2.12. The van der Waals surface area contributed by atoms with E-state index in [0.717, 1.165) is 73.9 Å². The maximum atomic E-state index is 9.08. The van der Waals surface area contributed by atoms with Gasteiger partial charge < -0.3 is 20.7 Å². The van der Waals surface area contributed by atoms with Crippen LogP contribution in [0.4, 0.5) is 29.0 Å². The number of aryl methyl sites for hydroxylation is 2.